The number of pyridine rings is 1. The second kappa shape index (κ2) is 8.14. The Labute approximate surface area is 118 Å². The zero-order valence-electron chi connectivity index (χ0n) is 12.1. The topological polar surface area (TPSA) is 80.3 Å². The Morgan fingerprint density at radius 1 is 1.40 bits per heavy atom. The molecule has 0 aliphatic rings. The average molecular weight is 279 g/mol. The average Bonchev–Trinajstić information content (AvgIpc) is 2.45. The maximum absolute atomic E-state index is 11.5. The summed E-state index contributed by atoms with van der Waals surface area (Å²) in [6, 6.07) is 3.28. The zero-order chi connectivity index (χ0) is 15.0. The number of methoxy groups -OCH3 is 1. The van der Waals surface area contributed by atoms with Gasteiger partial charge < -0.3 is 15.4 Å². The standard InChI is InChI=1S/C14H21N3O3/c1-10(2)9-17-12(18)6-8-16-13-11(14(19)20-3)5-4-7-15-13/h4-5,7,10H,6,8-9H2,1-3H3,(H,15,16)(H,17,18). The van der Waals surface area contributed by atoms with Crippen LogP contribution < -0.4 is 10.6 Å². The van der Waals surface area contributed by atoms with Crippen LogP contribution in [0.4, 0.5) is 5.82 Å². The number of carbonyl (C=O) groups excluding carboxylic acids is 2. The molecule has 0 aromatic carbocycles. The van der Waals surface area contributed by atoms with Gasteiger partial charge in [0, 0.05) is 25.7 Å². The van der Waals surface area contributed by atoms with E-state index >= 15 is 0 Å². The number of nitrogens with zero attached hydrogens (tertiary/aromatic N) is 1. The fourth-order valence-corrected chi connectivity index (χ4v) is 1.52. The summed E-state index contributed by atoms with van der Waals surface area (Å²) in [6.07, 6.45) is 1.90. The van der Waals surface area contributed by atoms with E-state index in [2.05, 4.69) is 20.4 Å². The Kier molecular flexibility index (Phi) is 6.49. The van der Waals surface area contributed by atoms with E-state index < -0.39 is 5.97 Å². The molecule has 1 heterocycles. The second-order valence-corrected chi connectivity index (χ2v) is 4.77. The predicted octanol–water partition coefficient (Wildman–Crippen LogP) is 1.44. The number of ether oxygens (including phenoxy) is 1. The molecule has 0 unspecified atom stereocenters. The SMILES string of the molecule is COC(=O)c1cccnc1NCCC(=O)NCC(C)C. The Morgan fingerprint density at radius 3 is 2.80 bits per heavy atom. The minimum absolute atomic E-state index is 0.0262. The van der Waals surface area contributed by atoms with Gasteiger partial charge in [0.15, 0.2) is 0 Å². The first-order chi connectivity index (χ1) is 9.54. The Morgan fingerprint density at radius 2 is 2.15 bits per heavy atom. The quantitative estimate of drug-likeness (QED) is 0.738. The number of nitrogens with one attached hydrogen (secondary N) is 2. The zero-order valence-corrected chi connectivity index (χ0v) is 12.1. The number of aromatic nitrogens is 1. The summed E-state index contributed by atoms with van der Waals surface area (Å²) in [5, 5.41) is 5.80. The fourth-order valence-electron chi connectivity index (χ4n) is 1.52. The molecule has 1 aromatic rings. The van der Waals surface area contributed by atoms with Crippen molar-refractivity contribution in [2.75, 3.05) is 25.5 Å². The minimum Gasteiger partial charge on any atom is -0.465 e. The molecule has 0 saturated heterocycles. The van der Waals surface area contributed by atoms with Crippen molar-refractivity contribution in [2.45, 2.75) is 20.3 Å². The van der Waals surface area contributed by atoms with Crippen molar-refractivity contribution in [2.24, 2.45) is 5.92 Å². The second-order valence-electron chi connectivity index (χ2n) is 4.77. The van der Waals surface area contributed by atoms with Crippen molar-refractivity contribution in [3.63, 3.8) is 0 Å². The molecule has 6 heteroatoms. The van der Waals surface area contributed by atoms with Gasteiger partial charge in [0.25, 0.3) is 0 Å². The van der Waals surface area contributed by atoms with E-state index in [-0.39, 0.29) is 5.91 Å². The van der Waals surface area contributed by atoms with Crippen molar-refractivity contribution < 1.29 is 14.3 Å². The van der Waals surface area contributed by atoms with E-state index in [0.717, 1.165) is 0 Å². The van der Waals surface area contributed by atoms with Crippen LogP contribution in [-0.4, -0.2) is 37.1 Å². The monoisotopic (exact) mass is 279 g/mol. The van der Waals surface area contributed by atoms with Crippen LogP contribution in [0.3, 0.4) is 0 Å². The molecular weight excluding hydrogens is 258 g/mol. The van der Waals surface area contributed by atoms with Crippen LogP contribution in [0, 0.1) is 5.92 Å². The summed E-state index contributed by atoms with van der Waals surface area (Å²) in [5.41, 5.74) is 0.359. The minimum atomic E-state index is -0.454. The molecular formula is C14H21N3O3. The predicted molar refractivity (Wildman–Crippen MR) is 76.5 cm³/mol. The largest absolute Gasteiger partial charge is 0.465 e. The molecule has 20 heavy (non-hydrogen) atoms. The highest BCUT2D eigenvalue weighted by atomic mass is 16.5. The molecule has 1 rings (SSSR count). The van der Waals surface area contributed by atoms with Gasteiger partial charge in [-0.1, -0.05) is 13.8 Å². The smallest absolute Gasteiger partial charge is 0.341 e. The lowest BCUT2D eigenvalue weighted by Gasteiger charge is -2.10. The van der Waals surface area contributed by atoms with E-state index in [9.17, 15) is 9.59 Å². The third-order valence-electron chi connectivity index (χ3n) is 2.57. The number of esters is 1. The highest BCUT2D eigenvalue weighted by Crippen LogP contribution is 2.12. The number of anilines is 1. The van der Waals surface area contributed by atoms with Crippen molar-refractivity contribution >= 4 is 17.7 Å². The molecule has 0 atom stereocenters. The third-order valence-corrected chi connectivity index (χ3v) is 2.57. The molecule has 0 aliphatic heterocycles. The number of rotatable bonds is 7. The fraction of sp³-hybridized carbons (Fsp3) is 0.500. The number of hydrogen-bond donors (Lipinski definition) is 2. The van der Waals surface area contributed by atoms with Crippen LogP contribution >= 0.6 is 0 Å². The highest BCUT2D eigenvalue weighted by molar-refractivity contribution is 5.94. The molecule has 0 radical (unpaired) electrons. The normalized spacial score (nSPS) is 10.2. The van der Waals surface area contributed by atoms with Gasteiger partial charge in [0.1, 0.15) is 11.4 Å². The number of carbonyl (C=O) groups is 2. The van der Waals surface area contributed by atoms with E-state index in [1.807, 2.05) is 13.8 Å². The van der Waals surface area contributed by atoms with Gasteiger partial charge in [-0.05, 0) is 18.1 Å². The van der Waals surface area contributed by atoms with Gasteiger partial charge in [-0.2, -0.15) is 0 Å². The van der Waals surface area contributed by atoms with Crippen molar-refractivity contribution in [3.05, 3.63) is 23.9 Å². The van der Waals surface area contributed by atoms with Gasteiger partial charge in [0.05, 0.1) is 7.11 Å². The summed E-state index contributed by atoms with van der Waals surface area (Å²) in [6.45, 7) is 5.14. The van der Waals surface area contributed by atoms with E-state index in [0.29, 0.717) is 36.8 Å². The van der Waals surface area contributed by atoms with Crippen molar-refractivity contribution in [1.82, 2.24) is 10.3 Å². The summed E-state index contributed by atoms with van der Waals surface area (Å²) in [7, 11) is 1.32. The highest BCUT2D eigenvalue weighted by Gasteiger charge is 2.12. The van der Waals surface area contributed by atoms with Crippen molar-refractivity contribution in [3.8, 4) is 0 Å². The van der Waals surface area contributed by atoms with Gasteiger partial charge in [-0.3, -0.25) is 4.79 Å². The molecule has 6 nitrogen and oxygen atoms in total. The third kappa shape index (κ3) is 5.26. The summed E-state index contributed by atoms with van der Waals surface area (Å²) < 4.78 is 4.67. The summed E-state index contributed by atoms with van der Waals surface area (Å²) in [5.74, 6) is 0.372. The molecule has 1 aromatic heterocycles. The van der Waals surface area contributed by atoms with Crippen LogP contribution in [-0.2, 0) is 9.53 Å². The van der Waals surface area contributed by atoms with Gasteiger partial charge in [-0.15, -0.1) is 0 Å². The van der Waals surface area contributed by atoms with Crippen LogP contribution in [0.25, 0.3) is 0 Å². The first kappa shape index (κ1) is 15.9. The van der Waals surface area contributed by atoms with Gasteiger partial charge in [0.2, 0.25) is 5.91 Å². The molecule has 2 N–H and O–H groups in total. The number of amides is 1. The molecule has 0 saturated carbocycles. The molecule has 0 bridgehead atoms. The molecule has 1 amide bonds. The Balaban J connectivity index is 2.46. The van der Waals surface area contributed by atoms with Gasteiger partial charge >= 0.3 is 5.97 Å². The van der Waals surface area contributed by atoms with E-state index in [4.69, 9.17) is 0 Å². The van der Waals surface area contributed by atoms with Crippen LogP contribution in [0.5, 0.6) is 0 Å². The lowest BCUT2D eigenvalue weighted by atomic mass is 10.2. The number of hydrogen-bond acceptors (Lipinski definition) is 5. The van der Waals surface area contributed by atoms with Crippen molar-refractivity contribution in [1.29, 1.82) is 0 Å². The van der Waals surface area contributed by atoms with Crippen LogP contribution in [0.1, 0.15) is 30.6 Å². The summed E-state index contributed by atoms with van der Waals surface area (Å²) in [4.78, 5) is 27.2. The molecule has 110 valence electrons. The van der Waals surface area contributed by atoms with Gasteiger partial charge in [-0.25, -0.2) is 9.78 Å². The van der Waals surface area contributed by atoms with Crippen LogP contribution in [0.15, 0.2) is 18.3 Å². The molecule has 0 fully saturated rings. The summed E-state index contributed by atoms with van der Waals surface area (Å²) >= 11 is 0. The molecule has 0 aliphatic carbocycles. The van der Waals surface area contributed by atoms with E-state index in [1.165, 1.54) is 7.11 Å². The lowest BCUT2D eigenvalue weighted by Crippen LogP contribution is -2.28. The first-order valence-corrected chi connectivity index (χ1v) is 6.58. The lowest BCUT2D eigenvalue weighted by molar-refractivity contribution is -0.120. The first-order valence-electron chi connectivity index (χ1n) is 6.58. The Bertz CT molecular complexity index is 461. The van der Waals surface area contributed by atoms with Crippen LogP contribution in [0.2, 0.25) is 0 Å². The maximum atomic E-state index is 11.5. The van der Waals surface area contributed by atoms with E-state index in [1.54, 1.807) is 18.3 Å². The maximum Gasteiger partial charge on any atom is 0.341 e. The Hall–Kier alpha value is -2.11. The molecule has 0 spiro atoms.